The van der Waals surface area contributed by atoms with Crippen LogP contribution in [0.4, 0.5) is 0 Å². The molecule has 0 atom stereocenters. The van der Waals surface area contributed by atoms with Crippen LogP contribution in [-0.2, 0) is 16.1 Å². The molecule has 1 aromatic carbocycles. The number of carbonyl (C=O) groups excluding carboxylic acids is 1. The average Bonchev–Trinajstić information content (AvgIpc) is 2.92. The summed E-state index contributed by atoms with van der Waals surface area (Å²) >= 11 is 6.91. The molecule has 118 valence electrons. The van der Waals surface area contributed by atoms with E-state index in [1.165, 1.54) is 0 Å². The monoisotopic (exact) mass is 342 g/mol. The number of nitrogens with zero attached hydrogens (tertiary/aromatic N) is 2. The van der Waals surface area contributed by atoms with E-state index >= 15 is 0 Å². The molecular formula is C14H15ClN2O4S. The van der Waals surface area contributed by atoms with Crippen molar-refractivity contribution in [2.24, 2.45) is 0 Å². The molecule has 8 heteroatoms. The minimum atomic E-state index is -0.322. The van der Waals surface area contributed by atoms with Crippen LogP contribution < -0.4 is 4.74 Å². The molecule has 2 aromatic rings. The van der Waals surface area contributed by atoms with E-state index in [2.05, 4.69) is 10.2 Å². The number of rotatable bonds is 7. The first-order valence-electron chi connectivity index (χ1n) is 6.56. The molecule has 6 nitrogen and oxygen atoms in total. The van der Waals surface area contributed by atoms with Crippen LogP contribution in [0, 0.1) is 0 Å². The van der Waals surface area contributed by atoms with Crippen molar-refractivity contribution in [3.8, 4) is 5.75 Å². The van der Waals surface area contributed by atoms with Crippen LogP contribution in [0.15, 0.2) is 33.9 Å². The van der Waals surface area contributed by atoms with Gasteiger partial charge in [-0.15, -0.1) is 10.2 Å². The van der Waals surface area contributed by atoms with Crippen LogP contribution in [0.2, 0.25) is 5.02 Å². The predicted octanol–water partition coefficient (Wildman–Crippen LogP) is 3.35. The zero-order chi connectivity index (χ0) is 15.9. The number of aromatic nitrogens is 2. The molecule has 0 bridgehead atoms. The molecule has 0 aliphatic carbocycles. The van der Waals surface area contributed by atoms with Crippen molar-refractivity contribution in [1.82, 2.24) is 10.2 Å². The summed E-state index contributed by atoms with van der Waals surface area (Å²) in [6, 6.07) is 6.95. The molecule has 0 saturated heterocycles. The van der Waals surface area contributed by atoms with E-state index in [0.717, 1.165) is 11.8 Å². The number of carbonyl (C=O) groups is 1. The Hall–Kier alpha value is -1.73. The molecule has 0 N–H and O–H groups in total. The lowest BCUT2D eigenvalue weighted by atomic mass is 10.3. The van der Waals surface area contributed by atoms with Crippen LogP contribution in [0.5, 0.6) is 5.75 Å². The zero-order valence-electron chi connectivity index (χ0n) is 12.1. The maximum Gasteiger partial charge on any atom is 0.316 e. The summed E-state index contributed by atoms with van der Waals surface area (Å²) in [6.45, 7) is 3.73. The Labute approximate surface area is 137 Å². The number of esters is 1. The number of hydrogen-bond donors (Lipinski definition) is 0. The minimum absolute atomic E-state index is 0.123. The van der Waals surface area contributed by atoms with Crippen molar-refractivity contribution < 1.29 is 18.7 Å². The zero-order valence-corrected chi connectivity index (χ0v) is 13.7. The van der Waals surface area contributed by atoms with Gasteiger partial charge in [0, 0.05) is 5.02 Å². The highest BCUT2D eigenvalue weighted by Gasteiger charge is 2.11. The highest BCUT2D eigenvalue weighted by atomic mass is 35.5. The predicted molar refractivity (Wildman–Crippen MR) is 82.0 cm³/mol. The Bertz CT molecular complexity index is 616. The molecule has 0 aliphatic heterocycles. The molecule has 0 amide bonds. The molecule has 0 radical (unpaired) electrons. The van der Waals surface area contributed by atoms with Crippen molar-refractivity contribution in [3.63, 3.8) is 0 Å². The molecule has 1 heterocycles. The van der Waals surface area contributed by atoms with Crippen LogP contribution in [0.25, 0.3) is 0 Å². The Morgan fingerprint density at radius 2 is 2.05 bits per heavy atom. The molecule has 22 heavy (non-hydrogen) atoms. The minimum Gasteiger partial charge on any atom is -0.484 e. The lowest BCUT2D eigenvalue weighted by molar-refractivity contribution is -0.144. The SMILES string of the molecule is CC(C)OC(=O)CSc1nnc(COc2ccc(Cl)cc2)o1. The maximum absolute atomic E-state index is 11.4. The number of hydrogen-bond acceptors (Lipinski definition) is 7. The van der Waals surface area contributed by atoms with Crippen LogP contribution in [0.3, 0.4) is 0 Å². The molecular weight excluding hydrogens is 328 g/mol. The first-order chi connectivity index (χ1) is 10.5. The average molecular weight is 343 g/mol. The van der Waals surface area contributed by atoms with Gasteiger partial charge in [-0.3, -0.25) is 4.79 Å². The van der Waals surface area contributed by atoms with E-state index < -0.39 is 0 Å². The molecule has 0 fully saturated rings. The summed E-state index contributed by atoms with van der Waals surface area (Å²) in [7, 11) is 0. The third-order valence-electron chi connectivity index (χ3n) is 2.30. The van der Waals surface area contributed by atoms with E-state index in [1.54, 1.807) is 38.1 Å². The van der Waals surface area contributed by atoms with Gasteiger partial charge in [0.2, 0.25) is 0 Å². The lowest BCUT2D eigenvalue weighted by Crippen LogP contribution is -2.13. The second-order valence-electron chi connectivity index (χ2n) is 4.53. The quantitative estimate of drug-likeness (QED) is 0.564. The van der Waals surface area contributed by atoms with Gasteiger partial charge in [0.05, 0.1) is 6.10 Å². The highest BCUT2D eigenvalue weighted by molar-refractivity contribution is 7.99. The van der Waals surface area contributed by atoms with Crippen molar-refractivity contribution in [3.05, 3.63) is 35.2 Å². The molecule has 0 aliphatic rings. The van der Waals surface area contributed by atoms with Crippen LogP contribution in [-0.4, -0.2) is 28.0 Å². The molecule has 0 saturated carbocycles. The van der Waals surface area contributed by atoms with Gasteiger partial charge in [-0.25, -0.2) is 0 Å². The van der Waals surface area contributed by atoms with Gasteiger partial charge < -0.3 is 13.9 Å². The second-order valence-corrected chi connectivity index (χ2v) is 5.89. The van der Waals surface area contributed by atoms with Gasteiger partial charge in [-0.2, -0.15) is 0 Å². The third kappa shape index (κ3) is 5.57. The van der Waals surface area contributed by atoms with Gasteiger partial charge in [-0.05, 0) is 38.1 Å². The van der Waals surface area contributed by atoms with Crippen molar-refractivity contribution in [2.45, 2.75) is 31.8 Å². The number of halogens is 1. The molecule has 1 aromatic heterocycles. The van der Waals surface area contributed by atoms with Crippen LogP contribution in [0.1, 0.15) is 19.7 Å². The number of ether oxygens (including phenoxy) is 2. The fraction of sp³-hybridized carbons (Fsp3) is 0.357. The molecule has 0 unspecified atom stereocenters. The summed E-state index contributed by atoms with van der Waals surface area (Å²) in [6.07, 6.45) is -0.140. The van der Waals surface area contributed by atoms with E-state index in [1.807, 2.05) is 0 Å². The Kier molecular flexibility index (Phi) is 6.09. The van der Waals surface area contributed by atoms with E-state index in [4.69, 9.17) is 25.5 Å². The Morgan fingerprint density at radius 3 is 2.73 bits per heavy atom. The fourth-order valence-electron chi connectivity index (χ4n) is 1.45. The first kappa shape index (κ1) is 16.6. The van der Waals surface area contributed by atoms with E-state index in [-0.39, 0.29) is 24.4 Å². The summed E-state index contributed by atoms with van der Waals surface area (Å²) in [5.41, 5.74) is 0. The summed E-state index contributed by atoms with van der Waals surface area (Å²) in [5.74, 6) is 0.779. The maximum atomic E-state index is 11.4. The van der Waals surface area contributed by atoms with Crippen molar-refractivity contribution in [1.29, 1.82) is 0 Å². The van der Waals surface area contributed by atoms with Gasteiger partial charge in [0.15, 0.2) is 6.61 Å². The largest absolute Gasteiger partial charge is 0.484 e. The smallest absolute Gasteiger partial charge is 0.316 e. The topological polar surface area (TPSA) is 74.5 Å². The number of thioether (sulfide) groups is 1. The number of benzene rings is 1. The Morgan fingerprint density at radius 1 is 1.32 bits per heavy atom. The highest BCUT2D eigenvalue weighted by Crippen LogP contribution is 2.19. The standard InChI is InChI=1S/C14H15ClN2O4S/c1-9(2)20-13(18)8-22-14-17-16-12(21-14)7-19-11-5-3-10(15)4-6-11/h3-6,9H,7-8H2,1-2H3. The van der Waals surface area contributed by atoms with Gasteiger partial charge in [0.1, 0.15) is 11.5 Å². The van der Waals surface area contributed by atoms with Crippen molar-refractivity contribution in [2.75, 3.05) is 5.75 Å². The second kappa shape index (κ2) is 8.05. The van der Waals surface area contributed by atoms with E-state index in [9.17, 15) is 4.79 Å². The lowest BCUT2D eigenvalue weighted by Gasteiger charge is -2.05. The van der Waals surface area contributed by atoms with Gasteiger partial charge in [0.25, 0.3) is 11.1 Å². The Balaban J connectivity index is 1.78. The van der Waals surface area contributed by atoms with E-state index in [0.29, 0.717) is 21.9 Å². The summed E-state index contributed by atoms with van der Waals surface area (Å²) in [5, 5.41) is 8.62. The fourth-order valence-corrected chi connectivity index (χ4v) is 2.14. The van der Waals surface area contributed by atoms with Gasteiger partial charge in [-0.1, -0.05) is 23.4 Å². The normalized spacial score (nSPS) is 10.7. The molecule has 2 rings (SSSR count). The summed E-state index contributed by atoms with van der Waals surface area (Å²) < 4.78 is 15.9. The first-order valence-corrected chi connectivity index (χ1v) is 7.92. The van der Waals surface area contributed by atoms with Gasteiger partial charge >= 0.3 is 5.97 Å². The summed E-state index contributed by atoms with van der Waals surface area (Å²) in [4.78, 5) is 11.4. The third-order valence-corrected chi connectivity index (χ3v) is 3.35. The van der Waals surface area contributed by atoms with Crippen molar-refractivity contribution >= 4 is 29.3 Å². The van der Waals surface area contributed by atoms with Crippen LogP contribution >= 0.6 is 23.4 Å². The molecule has 0 spiro atoms.